The van der Waals surface area contributed by atoms with Crippen molar-refractivity contribution in [2.75, 3.05) is 6.54 Å². The highest BCUT2D eigenvalue weighted by Crippen LogP contribution is 2.32. The molecule has 2 aromatic rings. The number of hydrogen-bond acceptors (Lipinski definition) is 4. The highest BCUT2D eigenvalue weighted by atomic mass is 16.2. The van der Waals surface area contributed by atoms with E-state index in [1.54, 1.807) is 12.4 Å². The first-order chi connectivity index (χ1) is 17.1. The summed E-state index contributed by atoms with van der Waals surface area (Å²) >= 11 is 0. The topological polar surface area (TPSA) is 88.2 Å². The van der Waals surface area contributed by atoms with E-state index in [0.717, 1.165) is 49.7 Å². The number of carbonyl (C=O) groups is 3. The number of nitrogens with zero attached hydrogens (tertiary/aromatic N) is 1. The van der Waals surface area contributed by atoms with Gasteiger partial charge in [-0.3, -0.25) is 19.4 Å². The largest absolute Gasteiger partial charge is 0.349 e. The molecule has 0 aliphatic heterocycles. The van der Waals surface area contributed by atoms with Crippen LogP contribution in [-0.2, 0) is 27.2 Å². The van der Waals surface area contributed by atoms with E-state index in [1.807, 2.05) is 42.5 Å². The average Bonchev–Trinajstić information content (AvgIpc) is 2.90. The molecule has 1 aliphatic rings. The quantitative estimate of drug-likeness (QED) is 0.330. The van der Waals surface area contributed by atoms with E-state index in [2.05, 4.69) is 22.5 Å². The van der Waals surface area contributed by atoms with Crippen molar-refractivity contribution in [3.8, 4) is 0 Å². The van der Waals surface area contributed by atoms with Gasteiger partial charge in [0, 0.05) is 31.3 Å². The summed E-state index contributed by atoms with van der Waals surface area (Å²) in [6.45, 7) is 2.61. The zero-order chi connectivity index (χ0) is 24.9. The maximum Gasteiger partial charge on any atom is 0.289 e. The molecule has 35 heavy (non-hydrogen) atoms. The van der Waals surface area contributed by atoms with Crippen LogP contribution in [0.1, 0.15) is 69.4 Å². The molecule has 1 aliphatic carbocycles. The normalized spacial score (nSPS) is 18.4. The summed E-state index contributed by atoms with van der Waals surface area (Å²) in [7, 11) is 0. The molecule has 1 aromatic heterocycles. The van der Waals surface area contributed by atoms with Crippen molar-refractivity contribution in [3.05, 3.63) is 66.0 Å². The van der Waals surface area contributed by atoms with Gasteiger partial charge in [0.25, 0.3) is 5.91 Å². The Balaban J connectivity index is 1.54. The Morgan fingerprint density at radius 1 is 0.943 bits per heavy atom. The molecule has 0 spiro atoms. The minimum Gasteiger partial charge on any atom is -0.349 e. The van der Waals surface area contributed by atoms with Gasteiger partial charge in [-0.1, -0.05) is 56.5 Å². The van der Waals surface area contributed by atoms with Crippen molar-refractivity contribution in [3.63, 3.8) is 0 Å². The van der Waals surface area contributed by atoms with Crippen LogP contribution >= 0.6 is 0 Å². The van der Waals surface area contributed by atoms with E-state index < -0.39 is 17.7 Å². The van der Waals surface area contributed by atoms with Crippen LogP contribution in [0.3, 0.4) is 0 Å². The molecule has 1 fully saturated rings. The lowest BCUT2D eigenvalue weighted by molar-refractivity contribution is -0.140. The van der Waals surface area contributed by atoms with Gasteiger partial charge in [-0.05, 0) is 67.7 Å². The summed E-state index contributed by atoms with van der Waals surface area (Å²) in [6.07, 6.45) is 12.8. The van der Waals surface area contributed by atoms with Crippen molar-refractivity contribution in [2.24, 2.45) is 11.8 Å². The molecular formula is C29H39N3O3. The number of hydrogen-bond donors (Lipinski definition) is 2. The zero-order valence-corrected chi connectivity index (χ0v) is 20.9. The third-order valence-electron chi connectivity index (χ3n) is 7.00. The molecule has 2 N–H and O–H groups in total. The molecule has 0 unspecified atom stereocenters. The highest BCUT2D eigenvalue weighted by molar-refractivity contribution is 6.38. The number of unbranched alkanes of at least 4 members (excludes halogenated alkanes) is 1. The monoisotopic (exact) mass is 477 g/mol. The predicted octanol–water partition coefficient (Wildman–Crippen LogP) is 4.42. The number of carbonyl (C=O) groups excluding carboxylic acids is 3. The van der Waals surface area contributed by atoms with Crippen LogP contribution in [0.5, 0.6) is 0 Å². The van der Waals surface area contributed by atoms with Crippen LogP contribution in [-0.4, -0.2) is 35.2 Å². The number of amides is 2. The van der Waals surface area contributed by atoms with E-state index in [1.165, 1.54) is 19.3 Å². The number of rotatable bonds is 13. The van der Waals surface area contributed by atoms with Crippen LogP contribution < -0.4 is 10.6 Å². The summed E-state index contributed by atoms with van der Waals surface area (Å²) in [4.78, 5) is 42.8. The molecule has 1 saturated carbocycles. The average molecular weight is 478 g/mol. The number of aromatic nitrogens is 1. The van der Waals surface area contributed by atoms with E-state index in [-0.39, 0.29) is 11.8 Å². The molecule has 0 saturated heterocycles. The number of benzene rings is 1. The van der Waals surface area contributed by atoms with E-state index in [4.69, 9.17) is 0 Å². The fourth-order valence-corrected chi connectivity index (χ4v) is 4.84. The molecule has 0 radical (unpaired) electrons. The Hall–Kier alpha value is -3.02. The van der Waals surface area contributed by atoms with Crippen LogP contribution in [0.2, 0.25) is 0 Å². The third kappa shape index (κ3) is 8.93. The molecule has 1 aromatic carbocycles. The Bertz CT molecular complexity index is 925. The van der Waals surface area contributed by atoms with Gasteiger partial charge >= 0.3 is 0 Å². The predicted molar refractivity (Wildman–Crippen MR) is 138 cm³/mol. The Morgan fingerprint density at radius 2 is 1.66 bits per heavy atom. The summed E-state index contributed by atoms with van der Waals surface area (Å²) in [5.74, 6) is -0.688. The highest BCUT2D eigenvalue weighted by Gasteiger charge is 2.31. The van der Waals surface area contributed by atoms with Crippen molar-refractivity contribution in [1.82, 2.24) is 15.6 Å². The van der Waals surface area contributed by atoms with E-state index in [9.17, 15) is 14.4 Å². The van der Waals surface area contributed by atoms with Gasteiger partial charge in [0.15, 0.2) is 0 Å². The van der Waals surface area contributed by atoms with Gasteiger partial charge in [-0.2, -0.15) is 0 Å². The second-order valence-corrected chi connectivity index (χ2v) is 9.69. The minimum atomic E-state index is -0.858. The molecule has 6 heteroatoms. The first kappa shape index (κ1) is 26.6. The smallest absolute Gasteiger partial charge is 0.289 e. The molecule has 188 valence electrons. The molecule has 3 rings (SSSR count). The standard InChI is InChI=1S/C29H39N3O3/c1-2-3-8-22-12-14-25(15-13-22)28(34)32-26(21-24-9-5-4-6-10-24)27(33)29(35)31-18-7-11-23-16-19-30-20-17-23/h4-6,9-10,16-17,19-20,22,25-26H,2-3,7-8,11-15,18,21H2,1H3,(H,31,35)(H,32,34)/t22?,25?,26-/m0/s1. The van der Waals surface area contributed by atoms with Gasteiger partial charge < -0.3 is 10.6 Å². The lowest BCUT2D eigenvalue weighted by Gasteiger charge is -2.29. The first-order valence-electron chi connectivity index (χ1n) is 13.1. The minimum absolute atomic E-state index is 0.0811. The summed E-state index contributed by atoms with van der Waals surface area (Å²) < 4.78 is 0. The zero-order valence-electron chi connectivity index (χ0n) is 20.9. The second kappa shape index (κ2) is 14.4. The van der Waals surface area contributed by atoms with E-state index >= 15 is 0 Å². The van der Waals surface area contributed by atoms with E-state index in [0.29, 0.717) is 18.9 Å². The van der Waals surface area contributed by atoms with Gasteiger partial charge in [-0.25, -0.2) is 0 Å². The fraction of sp³-hybridized carbons (Fsp3) is 0.517. The maximum atomic E-state index is 13.1. The second-order valence-electron chi connectivity index (χ2n) is 9.69. The Labute approximate surface area is 209 Å². The Kier molecular flexibility index (Phi) is 10.9. The van der Waals surface area contributed by atoms with Crippen LogP contribution in [0.4, 0.5) is 0 Å². The third-order valence-corrected chi connectivity index (χ3v) is 7.00. The molecule has 1 atom stereocenters. The van der Waals surface area contributed by atoms with Crippen LogP contribution in [0, 0.1) is 11.8 Å². The number of ketones is 1. The molecule has 1 heterocycles. The van der Waals surface area contributed by atoms with Gasteiger partial charge in [0.1, 0.15) is 6.04 Å². The van der Waals surface area contributed by atoms with Crippen LogP contribution in [0.25, 0.3) is 0 Å². The molecular weight excluding hydrogens is 438 g/mol. The van der Waals surface area contributed by atoms with Gasteiger partial charge in [0.05, 0.1) is 0 Å². The maximum absolute atomic E-state index is 13.1. The molecule has 6 nitrogen and oxygen atoms in total. The first-order valence-corrected chi connectivity index (χ1v) is 13.1. The summed E-state index contributed by atoms with van der Waals surface area (Å²) in [6, 6.07) is 12.6. The van der Waals surface area contributed by atoms with Crippen molar-refractivity contribution >= 4 is 17.6 Å². The van der Waals surface area contributed by atoms with Gasteiger partial charge in [0.2, 0.25) is 11.7 Å². The molecule has 2 amide bonds. The van der Waals surface area contributed by atoms with Gasteiger partial charge in [-0.15, -0.1) is 0 Å². The lowest BCUT2D eigenvalue weighted by Crippen LogP contribution is -2.50. The SMILES string of the molecule is CCCCC1CCC(C(=O)N[C@@H](Cc2ccccc2)C(=O)C(=O)NCCCc2ccncc2)CC1. The van der Waals surface area contributed by atoms with Crippen molar-refractivity contribution in [1.29, 1.82) is 0 Å². The fourth-order valence-electron chi connectivity index (χ4n) is 4.84. The number of nitrogens with one attached hydrogen (secondary N) is 2. The van der Waals surface area contributed by atoms with Crippen molar-refractivity contribution in [2.45, 2.75) is 77.2 Å². The number of Topliss-reactive ketones (excluding diaryl/α,β-unsaturated/α-hetero) is 1. The number of aryl methyl sites for hydroxylation is 1. The summed E-state index contributed by atoms with van der Waals surface area (Å²) in [5.41, 5.74) is 2.05. The summed E-state index contributed by atoms with van der Waals surface area (Å²) in [5, 5.41) is 5.68. The lowest BCUT2D eigenvalue weighted by atomic mass is 9.79. The van der Waals surface area contributed by atoms with Crippen LogP contribution in [0.15, 0.2) is 54.9 Å². The number of pyridine rings is 1. The molecule has 0 bridgehead atoms. The van der Waals surface area contributed by atoms with Crippen molar-refractivity contribution < 1.29 is 14.4 Å². The Morgan fingerprint density at radius 3 is 2.34 bits per heavy atom.